The molecule has 0 bridgehead atoms. The molecule has 134 valence electrons. The highest BCUT2D eigenvalue weighted by Crippen LogP contribution is 2.27. The van der Waals surface area contributed by atoms with E-state index in [-0.39, 0.29) is 22.3 Å². The van der Waals surface area contributed by atoms with Crippen molar-refractivity contribution in [2.45, 2.75) is 13.8 Å². The van der Waals surface area contributed by atoms with Gasteiger partial charge in [-0.2, -0.15) is 0 Å². The van der Waals surface area contributed by atoms with Crippen LogP contribution in [0.1, 0.15) is 32.6 Å². The molecule has 2 rings (SSSR count). The number of aromatic nitrogens is 1. The molecular weight excluding hydrogens is 371 g/mol. The first-order valence-electron chi connectivity index (χ1n) is 6.66. The highest BCUT2D eigenvalue weighted by molar-refractivity contribution is 7.17. The number of thiazole rings is 1. The number of halogens is 5. The highest BCUT2D eigenvalue weighted by atomic mass is 32.1. The van der Waals surface area contributed by atoms with Gasteiger partial charge < -0.3 is 4.74 Å². The highest BCUT2D eigenvalue weighted by Gasteiger charge is 2.30. The molecule has 0 fully saturated rings. The van der Waals surface area contributed by atoms with E-state index in [0.717, 1.165) is 0 Å². The van der Waals surface area contributed by atoms with Crippen LogP contribution in [-0.4, -0.2) is 23.5 Å². The van der Waals surface area contributed by atoms with Crippen molar-refractivity contribution in [2.24, 2.45) is 0 Å². The maximum absolute atomic E-state index is 13.6. The number of carbonyl (C=O) groups is 2. The van der Waals surface area contributed by atoms with Crippen LogP contribution in [0.3, 0.4) is 0 Å². The molecule has 1 heterocycles. The maximum atomic E-state index is 13.6. The second kappa shape index (κ2) is 7.13. The normalized spacial score (nSPS) is 10.7. The molecule has 1 amide bonds. The molecule has 25 heavy (non-hydrogen) atoms. The lowest BCUT2D eigenvalue weighted by molar-refractivity contribution is 0.0531. The lowest BCUT2D eigenvalue weighted by atomic mass is 10.1. The van der Waals surface area contributed by atoms with Crippen LogP contribution >= 0.6 is 11.3 Å². The first-order chi connectivity index (χ1) is 11.7. The van der Waals surface area contributed by atoms with Crippen molar-refractivity contribution < 1.29 is 36.3 Å². The fraction of sp³-hybridized carbons (Fsp3) is 0.214. The van der Waals surface area contributed by atoms with Crippen LogP contribution in [0.25, 0.3) is 0 Å². The van der Waals surface area contributed by atoms with E-state index in [1.165, 1.54) is 6.92 Å². The zero-order valence-electron chi connectivity index (χ0n) is 12.7. The largest absolute Gasteiger partial charge is 0.462 e. The Bertz CT molecular complexity index is 840. The van der Waals surface area contributed by atoms with E-state index in [1.807, 2.05) is 5.32 Å². The van der Waals surface area contributed by atoms with E-state index in [0.29, 0.717) is 11.3 Å². The molecule has 1 aromatic heterocycles. The second-order valence-corrected chi connectivity index (χ2v) is 5.55. The summed E-state index contributed by atoms with van der Waals surface area (Å²) < 4.78 is 71.2. The number of benzene rings is 1. The van der Waals surface area contributed by atoms with Crippen molar-refractivity contribution in [2.75, 3.05) is 11.9 Å². The number of carbonyl (C=O) groups excluding carboxylic acids is 2. The Morgan fingerprint density at radius 3 is 2.08 bits per heavy atom. The molecule has 0 saturated heterocycles. The van der Waals surface area contributed by atoms with Gasteiger partial charge in [0.05, 0.1) is 12.3 Å². The molecule has 11 heteroatoms. The van der Waals surface area contributed by atoms with Crippen molar-refractivity contribution in [3.63, 3.8) is 0 Å². The number of nitrogens with zero attached hydrogens (tertiary/aromatic N) is 1. The van der Waals surface area contributed by atoms with Gasteiger partial charge >= 0.3 is 5.97 Å². The van der Waals surface area contributed by atoms with Gasteiger partial charge in [-0.25, -0.2) is 31.7 Å². The Morgan fingerprint density at radius 2 is 1.56 bits per heavy atom. The first kappa shape index (κ1) is 18.8. The van der Waals surface area contributed by atoms with Gasteiger partial charge in [-0.05, 0) is 13.8 Å². The number of anilines is 1. The summed E-state index contributed by atoms with van der Waals surface area (Å²) in [6.45, 7) is 3.07. The van der Waals surface area contributed by atoms with Crippen molar-refractivity contribution in [3.8, 4) is 0 Å². The van der Waals surface area contributed by atoms with Gasteiger partial charge in [0.1, 0.15) is 10.4 Å². The fourth-order valence-corrected chi connectivity index (χ4v) is 2.66. The minimum absolute atomic E-state index is 0.0227. The van der Waals surface area contributed by atoms with Crippen LogP contribution in [0.2, 0.25) is 0 Å². The third-order valence-corrected chi connectivity index (χ3v) is 3.97. The van der Waals surface area contributed by atoms with E-state index >= 15 is 0 Å². The van der Waals surface area contributed by atoms with E-state index in [4.69, 9.17) is 4.74 Å². The molecule has 0 radical (unpaired) electrons. The molecule has 0 unspecified atom stereocenters. The first-order valence-corrected chi connectivity index (χ1v) is 7.48. The number of hydrogen-bond acceptors (Lipinski definition) is 5. The number of ether oxygens (including phenoxy) is 1. The third kappa shape index (κ3) is 3.45. The molecule has 0 aliphatic rings. The van der Waals surface area contributed by atoms with Crippen molar-refractivity contribution in [3.05, 3.63) is 45.2 Å². The van der Waals surface area contributed by atoms with Crippen LogP contribution < -0.4 is 5.32 Å². The second-order valence-electron chi connectivity index (χ2n) is 4.55. The molecule has 0 aliphatic heterocycles. The number of aryl methyl sites for hydroxylation is 1. The Labute approximate surface area is 141 Å². The lowest BCUT2D eigenvalue weighted by Crippen LogP contribution is -2.19. The van der Waals surface area contributed by atoms with E-state index in [9.17, 15) is 31.5 Å². The Hall–Kier alpha value is -2.56. The van der Waals surface area contributed by atoms with Crippen LogP contribution in [-0.2, 0) is 4.74 Å². The summed E-state index contributed by atoms with van der Waals surface area (Å²) in [5, 5.41) is 1.63. The zero-order chi connectivity index (χ0) is 18.9. The molecule has 0 aliphatic carbocycles. The van der Waals surface area contributed by atoms with Gasteiger partial charge in [-0.1, -0.05) is 11.3 Å². The molecule has 0 atom stereocenters. The maximum Gasteiger partial charge on any atom is 0.350 e. The van der Waals surface area contributed by atoms with Gasteiger partial charge in [-0.15, -0.1) is 0 Å². The van der Waals surface area contributed by atoms with Crippen molar-refractivity contribution in [1.82, 2.24) is 4.98 Å². The molecular formula is C14H9F5N2O3S. The van der Waals surface area contributed by atoms with E-state index in [2.05, 4.69) is 4.98 Å². The summed E-state index contributed by atoms with van der Waals surface area (Å²) in [5.41, 5.74) is -1.49. The summed E-state index contributed by atoms with van der Waals surface area (Å²) in [6.07, 6.45) is 0. The summed E-state index contributed by atoms with van der Waals surface area (Å²) >= 11 is 0.630. The predicted molar refractivity (Wildman–Crippen MR) is 77.0 cm³/mol. The molecule has 1 aromatic carbocycles. The fourth-order valence-electron chi connectivity index (χ4n) is 1.80. The van der Waals surface area contributed by atoms with Crippen LogP contribution in [0, 0.1) is 36.0 Å². The number of rotatable bonds is 4. The lowest BCUT2D eigenvalue weighted by Gasteiger charge is -2.07. The monoisotopic (exact) mass is 380 g/mol. The SMILES string of the molecule is CCOC(=O)c1sc(NC(=O)c2c(F)c(F)c(F)c(F)c2F)nc1C. The van der Waals surface area contributed by atoms with Gasteiger partial charge in [0.25, 0.3) is 5.91 Å². The Morgan fingerprint density at radius 1 is 1.04 bits per heavy atom. The van der Waals surface area contributed by atoms with Crippen molar-refractivity contribution >= 4 is 28.3 Å². The van der Waals surface area contributed by atoms with Gasteiger partial charge in [0.15, 0.2) is 28.4 Å². The van der Waals surface area contributed by atoms with Crippen LogP contribution in [0.5, 0.6) is 0 Å². The van der Waals surface area contributed by atoms with Crippen molar-refractivity contribution in [1.29, 1.82) is 0 Å². The van der Waals surface area contributed by atoms with E-state index in [1.54, 1.807) is 6.92 Å². The molecule has 0 saturated carbocycles. The minimum Gasteiger partial charge on any atom is -0.462 e. The number of nitrogens with one attached hydrogen (secondary N) is 1. The molecule has 2 aromatic rings. The number of amides is 1. The summed E-state index contributed by atoms with van der Waals surface area (Å²) in [4.78, 5) is 27.3. The average molecular weight is 380 g/mol. The molecule has 1 N–H and O–H groups in total. The minimum atomic E-state index is -2.37. The smallest absolute Gasteiger partial charge is 0.350 e. The van der Waals surface area contributed by atoms with Crippen LogP contribution in [0.4, 0.5) is 27.1 Å². The average Bonchev–Trinajstić information content (AvgIpc) is 2.92. The predicted octanol–water partition coefficient (Wildman–Crippen LogP) is 3.58. The standard InChI is InChI=1S/C14H9F5N2O3S/c1-3-24-13(23)11-4(2)20-14(25-11)21-12(22)5-6(15)8(17)10(19)9(18)7(5)16/h3H2,1-2H3,(H,20,21,22). The summed E-state index contributed by atoms with van der Waals surface area (Å²) in [7, 11) is 0. The van der Waals surface area contributed by atoms with Gasteiger partial charge in [0.2, 0.25) is 5.82 Å². The Balaban J connectivity index is 2.36. The van der Waals surface area contributed by atoms with Gasteiger partial charge in [0, 0.05) is 0 Å². The zero-order valence-corrected chi connectivity index (χ0v) is 13.5. The molecule has 0 spiro atoms. The third-order valence-electron chi connectivity index (χ3n) is 2.91. The quantitative estimate of drug-likeness (QED) is 0.381. The van der Waals surface area contributed by atoms with E-state index < -0.39 is 46.5 Å². The topological polar surface area (TPSA) is 68.3 Å². The Kier molecular flexibility index (Phi) is 5.36. The van der Waals surface area contributed by atoms with Crippen LogP contribution in [0.15, 0.2) is 0 Å². The summed E-state index contributed by atoms with van der Waals surface area (Å²) in [6, 6.07) is 0. The summed E-state index contributed by atoms with van der Waals surface area (Å²) in [5.74, 6) is -13.7. The number of esters is 1. The number of hydrogen-bond donors (Lipinski definition) is 1. The molecule has 5 nitrogen and oxygen atoms in total. The van der Waals surface area contributed by atoms with Gasteiger partial charge in [-0.3, -0.25) is 10.1 Å².